The van der Waals surface area contributed by atoms with Gasteiger partial charge in [-0.05, 0) is 63.3 Å². The first kappa shape index (κ1) is 21.7. The first-order valence-corrected chi connectivity index (χ1v) is 8.40. The lowest BCUT2D eigenvalue weighted by molar-refractivity contribution is -0.113. The maximum absolute atomic E-state index is 13.1. The van der Waals surface area contributed by atoms with E-state index in [4.69, 9.17) is 4.42 Å². The molecule has 0 atom stereocenters. The minimum atomic E-state index is -4.39. The topological polar surface area (TPSA) is 30.2 Å². The van der Waals surface area contributed by atoms with E-state index in [0.717, 1.165) is 17.2 Å². The molecule has 0 aliphatic heterocycles. The summed E-state index contributed by atoms with van der Waals surface area (Å²) in [6, 6.07) is 1.62. The van der Waals surface area contributed by atoms with Gasteiger partial charge in [0, 0.05) is 11.1 Å². The van der Waals surface area contributed by atoms with E-state index in [9.17, 15) is 18.0 Å². The summed E-state index contributed by atoms with van der Waals surface area (Å²) in [5.74, 6) is -0.0559. The van der Waals surface area contributed by atoms with Crippen LogP contribution < -0.4 is 0 Å². The number of ketones is 1. The molecule has 1 aromatic heterocycles. The third kappa shape index (κ3) is 6.54. The molecule has 0 radical (unpaired) electrons. The average Bonchev–Trinajstić information content (AvgIpc) is 3.05. The zero-order chi connectivity index (χ0) is 19.9. The van der Waals surface area contributed by atoms with Crippen LogP contribution in [-0.4, -0.2) is 12.0 Å². The van der Waals surface area contributed by atoms with E-state index < -0.39 is 11.7 Å². The van der Waals surface area contributed by atoms with Gasteiger partial charge in [0.25, 0.3) is 0 Å². The summed E-state index contributed by atoms with van der Waals surface area (Å²) >= 11 is 0. The molecule has 0 unspecified atom stereocenters. The van der Waals surface area contributed by atoms with Gasteiger partial charge in [0.15, 0.2) is 5.78 Å². The quantitative estimate of drug-likeness (QED) is 0.287. The summed E-state index contributed by atoms with van der Waals surface area (Å²) in [5, 5.41) is 0. The van der Waals surface area contributed by atoms with Crippen molar-refractivity contribution in [3.63, 3.8) is 0 Å². The fourth-order valence-corrected chi connectivity index (χ4v) is 2.47. The number of furan rings is 1. The highest BCUT2D eigenvalue weighted by Crippen LogP contribution is 2.32. The Morgan fingerprint density at radius 2 is 1.92 bits per heavy atom. The molecule has 0 aromatic carbocycles. The lowest BCUT2D eigenvalue weighted by Gasteiger charge is -2.12. The lowest BCUT2D eigenvalue weighted by atomic mass is 9.94. The molecule has 0 fully saturated rings. The Morgan fingerprint density at radius 3 is 2.35 bits per heavy atom. The second-order valence-corrected chi connectivity index (χ2v) is 6.32. The molecule has 0 aliphatic carbocycles. The predicted molar refractivity (Wildman–Crippen MR) is 98.5 cm³/mol. The summed E-state index contributed by atoms with van der Waals surface area (Å²) < 4.78 is 44.5. The standard InChI is InChI=1S/C21H25F3O2/c1-6-20(21(22,23)24)12-18(19-9-10-26-13-19)8-7-17(11-14(2)3)15(4)16(5)25/h8-10,12-13H,2,6-7,11H2,1,3-5H3/b17-15-,18-8+,20-12+. The monoisotopic (exact) mass is 366 g/mol. The molecule has 0 aliphatic rings. The molecule has 0 N–H and O–H groups in total. The zero-order valence-electron chi connectivity index (χ0n) is 15.7. The number of hydrogen-bond donors (Lipinski definition) is 0. The van der Waals surface area contributed by atoms with Crippen molar-refractivity contribution in [3.05, 3.63) is 65.2 Å². The van der Waals surface area contributed by atoms with Gasteiger partial charge in [-0.15, -0.1) is 0 Å². The Balaban J connectivity index is 3.35. The van der Waals surface area contributed by atoms with E-state index in [2.05, 4.69) is 6.58 Å². The number of hydrogen-bond acceptors (Lipinski definition) is 2. The first-order chi connectivity index (χ1) is 12.1. The van der Waals surface area contributed by atoms with Crippen LogP contribution in [-0.2, 0) is 4.79 Å². The summed E-state index contributed by atoms with van der Waals surface area (Å²) in [6.07, 6.45) is 2.06. The maximum atomic E-state index is 13.1. The second-order valence-electron chi connectivity index (χ2n) is 6.32. The maximum Gasteiger partial charge on any atom is 0.412 e. The first-order valence-electron chi connectivity index (χ1n) is 8.40. The van der Waals surface area contributed by atoms with E-state index in [1.165, 1.54) is 26.4 Å². The third-order valence-electron chi connectivity index (χ3n) is 4.07. The summed E-state index contributed by atoms with van der Waals surface area (Å²) in [6.45, 7) is 10.4. The fraction of sp³-hybridized carbons (Fsp3) is 0.381. The van der Waals surface area contributed by atoms with Crippen molar-refractivity contribution in [2.45, 2.75) is 53.1 Å². The average molecular weight is 366 g/mol. The van der Waals surface area contributed by atoms with E-state index in [1.807, 2.05) is 6.92 Å². The van der Waals surface area contributed by atoms with Crippen molar-refractivity contribution >= 4 is 11.4 Å². The number of alkyl halides is 3. The highest BCUT2D eigenvalue weighted by atomic mass is 19.4. The molecule has 5 heteroatoms. The number of carbonyl (C=O) groups excluding carboxylic acids is 1. The van der Waals surface area contributed by atoms with Gasteiger partial charge in [-0.1, -0.05) is 30.7 Å². The van der Waals surface area contributed by atoms with E-state index in [0.29, 0.717) is 29.6 Å². The van der Waals surface area contributed by atoms with Crippen LogP contribution in [0.2, 0.25) is 0 Å². The highest BCUT2D eigenvalue weighted by Gasteiger charge is 2.32. The van der Waals surface area contributed by atoms with Crippen LogP contribution in [0.4, 0.5) is 13.2 Å². The summed E-state index contributed by atoms with van der Waals surface area (Å²) in [5.41, 5.74) is 2.73. The van der Waals surface area contributed by atoms with Gasteiger partial charge in [-0.3, -0.25) is 4.79 Å². The van der Waals surface area contributed by atoms with Crippen molar-refractivity contribution < 1.29 is 22.4 Å². The highest BCUT2D eigenvalue weighted by molar-refractivity contribution is 5.93. The van der Waals surface area contributed by atoms with Crippen LogP contribution in [0.25, 0.3) is 5.57 Å². The van der Waals surface area contributed by atoms with Gasteiger partial charge in [0.2, 0.25) is 0 Å². The van der Waals surface area contributed by atoms with Crippen LogP contribution >= 0.6 is 0 Å². The van der Waals surface area contributed by atoms with E-state index in [-0.39, 0.29) is 12.2 Å². The third-order valence-corrected chi connectivity index (χ3v) is 4.07. The molecule has 0 spiro atoms. The van der Waals surface area contributed by atoms with Crippen molar-refractivity contribution in [1.82, 2.24) is 0 Å². The molecule has 0 bridgehead atoms. The number of carbonyl (C=O) groups is 1. The van der Waals surface area contributed by atoms with Crippen LogP contribution in [0.15, 0.2) is 64.0 Å². The smallest absolute Gasteiger partial charge is 0.412 e. The van der Waals surface area contributed by atoms with Crippen LogP contribution in [0.3, 0.4) is 0 Å². The van der Waals surface area contributed by atoms with Gasteiger partial charge in [-0.2, -0.15) is 13.2 Å². The zero-order valence-corrected chi connectivity index (χ0v) is 15.7. The van der Waals surface area contributed by atoms with Gasteiger partial charge in [0.1, 0.15) is 0 Å². The molecule has 0 amide bonds. The predicted octanol–water partition coefficient (Wildman–Crippen LogP) is 6.82. The summed E-state index contributed by atoms with van der Waals surface area (Å²) in [4.78, 5) is 11.7. The minimum absolute atomic E-state index is 0.0559. The lowest BCUT2D eigenvalue weighted by Crippen LogP contribution is -2.11. The van der Waals surface area contributed by atoms with E-state index >= 15 is 0 Å². The number of Topliss-reactive ketones (excluding diaryl/α,β-unsaturated/α-hetero) is 1. The van der Waals surface area contributed by atoms with Crippen LogP contribution in [0.5, 0.6) is 0 Å². The van der Waals surface area contributed by atoms with E-state index in [1.54, 1.807) is 19.1 Å². The molecule has 2 nitrogen and oxygen atoms in total. The van der Waals surface area contributed by atoms with Crippen LogP contribution in [0, 0.1) is 0 Å². The Hall–Kier alpha value is -2.30. The largest absolute Gasteiger partial charge is 0.472 e. The molecule has 26 heavy (non-hydrogen) atoms. The molecule has 0 saturated carbocycles. The molecule has 1 heterocycles. The Bertz CT molecular complexity index is 730. The number of allylic oxidation sites excluding steroid dienone is 7. The Kier molecular flexibility index (Phi) is 7.87. The van der Waals surface area contributed by atoms with Gasteiger partial charge in [-0.25, -0.2) is 0 Å². The molecule has 1 rings (SSSR count). The van der Waals surface area contributed by atoms with Crippen molar-refractivity contribution in [2.24, 2.45) is 0 Å². The molecular formula is C21H25F3O2. The SMILES string of the molecule is C=C(C)C/C(C/C=C(\C=C(/CC)C(F)(F)F)c1ccoc1)=C(/C)C(C)=O. The van der Waals surface area contributed by atoms with Crippen molar-refractivity contribution in [1.29, 1.82) is 0 Å². The Morgan fingerprint density at radius 1 is 1.27 bits per heavy atom. The van der Waals surface area contributed by atoms with Crippen LogP contribution in [0.1, 0.15) is 52.5 Å². The second kappa shape index (κ2) is 9.41. The minimum Gasteiger partial charge on any atom is -0.472 e. The van der Waals surface area contributed by atoms with Crippen molar-refractivity contribution in [2.75, 3.05) is 0 Å². The summed E-state index contributed by atoms with van der Waals surface area (Å²) in [7, 11) is 0. The molecule has 0 saturated heterocycles. The van der Waals surface area contributed by atoms with Gasteiger partial charge >= 0.3 is 6.18 Å². The Labute approximate surface area is 152 Å². The number of rotatable bonds is 8. The van der Waals surface area contributed by atoms with Gasteiger partial charge < -0.3 is 4.42 Å². The fourth-order valence-electron chi connectivity index (χ4n) is 2.47. The number of halogens is 3. The van der Waals surface area contributed by atoms with Crippen molar-refractivity contribution in [3.8, 4) is 0 Å². The normalized spacial score (nSPS) is 14.3. The van der Waals surface area contributed by atoms with Gasteiger partial charge in [0.05, 0.1) is 12.5 Å². The molecular weight excluding hydrogens is 341 g/mol. The molecule has 1 aromatic rings. The molecule has 142 valence electrons.